The molecule has 0 aromatic heterocycles. The summed E-state index contributed by atoms with van der Waals surface area (Å²) in [6, 6.07) is 2.66. The van der Waals surface area contributed by atoms with Crippen LogP contribution in [0.15, 0.2) is 18.2 Å². The van der Waals surface area contributed by atoms with E-state index >= 15 is 0 Å². The Morgan fingerprint density at radius 3 is 2.07 bits per heavy atom. The molecule has 0 bridgehead atoms. The summed E-state index contributed by atoms with van der Waals surface area (Å²) in [4.78, 5) is 0. The van der Waals surface area contributed by atoms with Crippen LogP contribution in [0, 0.1) is 13.8 Å². The van der Waals surface area contributed by atoms with E-state index in [4.69, 9.17) is 5.73 Å². The second-order valence-electron chi connectivity index (χ2n) is 3.36. The average molecular weight is 240 g/mol. The lowest BCUT2D eigenvalue weighted by Crippen LogP contribution is -2.28. The van der Waals surface area contributed by atoms with Crippen LogP contribution in [-0.4, -0.2) is 6.18 Å². The SMILES string of the molecule is Cc1ccc(C(N)C(F)(F)F)cc1C.Cl. The first-order chi connectivity index (χ1) is 6.32. The summed E-state index contributed by atoms with van der Waals surface area (Å²) in [5, 5.41) is 0. The first kappa shape index (κ1) is 14.3. The molecule has 5 heteroatoms. The van der Waals surface area contributed by atoms with Gasteiger partial charge in [-0.15, -0.1) is 12.4 Å². The number of aryl methyl sites for hydroxylation is 2. The maximum Gasteiger partial charge on any atom is 0.407 e. The molecule has 0 aliphatic carbocycles. The molecule has 1 aromatic carbocycles. The van der Waals surface area contributed by atoms with Crippen molar-refractivity contribution in [3.05, 3.63) is 34.9 Å². The third-order valence-corrected chi connectivity index (χ3v) is 2.24. The lowest BCUT2D eigenvalue weighted by atomic mass is 10.0. The fourth-order valence-electron chi connectivity index (χ4n) is 1.15. The number of rotatable bonds is 1. The third kappa shape index (κ3) is 3.39. The van der Waals surface area contributed by atoms with Gasteiger partial charge in [0.25, 0.3) is 0 Å². The van der Waals surface area contributed by atoms with Crippen LogP contribution in [0.5, 0.6) is 0 Å². The highest BCUT2D eigenvalue weighted by Crippen LogP contribution is 2.30. The van der Waals surface area contributed by atoms with E-state index < -0.39 is 12.2 Å². The fraction of sp³-hybridized carbons (Fsp3) is 0.400. The van der Waals surface area contributed by atoms with Gasteiger partial charge < -0.3 is 5.73 Å². The Balaban J connectivity index is 0.00000196. The average Bonchev–Trinajstić information content (AvgIpc) is 2.07. The Morgan fingerprint density at radius 1 is 1.13 bits per heavy atom. The molecule has 15 heavy (non-hydrogen) atoms. The van der Waals surface area contributed by atoms with E-state index in [0.29, 0.717) is 0 Å². The van der Waals surface area contributed by atoms with E-state index in [1.54, 1.807) is 13.0 Å². The van der Waals surface area contributed by atoms with Crippen molar-refractivity contribution in [2.45, 2.75) is 26.1 Å². The summed E-state index contributed by atoms with van der Waals surface area (Å²) in [5.74, 6) is 0. The number of hydrogen-bond acceptors (Lipinski definition) is 1. The van der Waals surface area contributed by atoms with Gasteiger partial charge in [0, 0.05) is 0 Å². The number of alkyl halides is 3. The molecule has 0 saturated heterocycles. The summed E-state index contributed by atoms with van der Waals surface area (Å²) in [6.45, 7) is 3.61. The van der Waals surface area contributed by atoms with Crippen molar-refractivity contribution in [1.82, 2.24) is 0 Å². The Morgan fingerprint density at radius 2 is 1.67 bits per heavy atom. The second kappa shape index (κ2) is 4.86. The minimum atomic E-state index is -4.37. The van der Waals surface area contributed by atoms with Gasteiger partial charge in [-0.2, -0.15) is 13.2 Å². The molecule has 0 spiro atoms. The third-order valence-electron chi connectivity index (χ3n) is 2.24. The van der Waals surface area contributed by atoms with Crippen LogP contribution in [0.4, 0.5) is 13.2 Å². The van der Waals surface area contributed by atoms with Crippen molar-refractivity contribution in [2.24, 2.45) is 5.73 Å². The number of hydrogen-bond donors (Lipinski definition) is 1. The van der Waals surface area contributed by atoms with Crippen LogP contribution in [0.2, 0.25) is 0 Å². The molecule has 1 aromatic rings. The number of benzene rings is 1. The molecule has 86 valence electrons. The monoisotopic (exact) mass is 239 g/mol. The molecule has 0 heterocycles. The van der Waals surface area contributed by atoms with Gasteiger partial charge in [-0.3, -0.25) is 0 Å². The van der Waals surface area contributed by atoms with Crippen LogP contribution < -0.4 is 5.73 Å². The Hall–Kier alpha value is -0.740. The largest absolute Gasteiger partial charge is 0.407 e. The van der Waals surface area contributed by atoms with Gasteiger partial charge in [0.05, 0.1) is 0 Å². The normalized spacial score (nSPS) is 13.2. The van der Waals surface area contributed by atoms with E-state index in [0.717, 1.165) is 11.1 Å². The highest BCUT2D eigenvalue weighted by Gasteiger charge is 2.37. The molecular formula is C10H13ClF3N. The molecule has 0 amide bonds. The van der Waals surface area contributed by atoms with Gasteiger partial charge in [-0.25, -0.2) is 0 Å². The molecule has 1 unspecified atom stereocenters. The zero-order valence-electron chi connectivity index (χ0n) is 8.43. The smallest absolute Gasteiger partial charge is 0.316 e. The van der Waals surface area contributed by atoms with Gasteiger partial charge in [0.1, 0.15) is 6.04 Å². The quantitative estimate of drug-likeness (QED) is 0.800. The van der Waals surface area contributed by atoms with Gasteiger partial charge in [-0.05, 0) is 30.5 Å². The van der Waals surface area contributed by atoms with Crippen molar-refractivity contribution in [3.63, 3.8) is 0 Å². The lowest BCUT2D eigenvalue weighted by molar-refractivity contribution is -0.149. The van der Waals surface area contributed by atoms with Crippen molar-refractivity contribution < 1.29 is 13.2 Å². The van der Waals surface area contributed by atoms with Crippen LogP contribution in [0.3, 0.4) is 0 Å². The standard InChI is InChI=1S/C10H12F3N.ClH/c1-6-3-4-8(5-7(6)2)9(14)10(11,12)13;/h3-5,9H,14H2,1-2H3;1H. The summed E-state index contributed by atoms with van der Waals surface area (Å²) >= 11 is 0. The van der Waals surface area contributed by atoms with E-state index in [1.165, 1.54) is 12.1 Å². The van der Waals surface area contributed by atoms with Crippen LogP contribution in [0.25, 0.3) is 0 Å². The zero-order valence-corrected chi connectivity index (χ0v) is 9.25. The molecule has 0 radical (unpaired) electrons. The summed E-state index contributed by atoms with van der Waals surface area (Å²) in [6.07, 6.45) is -4.37. The topological polar surface area (TPSA) is 26.0 Å². The zero-order chi connectivity index (χ0) is 10.9. The van der Waals surface area contributed by atoms with Crippen molar-refractivity contribution in [3.8, 4) is 0 Å². The minimum Gasteiger partial charge on any atom is -0.316 e. The number of nitrogens with two attached hydrogens (primary N) is 1. The van der Waals surface area contributed by atoms with E-state index in [9.17, 15) is 13.2 Å². The maximum absolute atomic E-state index is 12.2. The molecule has 1 rings (SSSR count). The lowest BCUT2D eigenvalue weighted by Gasteiger charge is -2.16. The molecule has 0 aliphatic rings. The van der Waals surface area contributed by atoms with Gasteiger partial charge in [0.2, 0.25) is 0 Å². The predicted octanol–water partition coefficient (Wildman–Crippen LogP) is 3.29. The maximum atomic E-state index is 12.2. The van der Waals surface area contributed by atoms with Crippen molar-refractivity contribution in [1.29, 1.82) is 0 Å². The van der Waals surface area contributed by atoms with E-state index in [-0.39, 0.29) is 18.0 Å². The first-order valence-corrected chi connectivity index (χ1v) is 4.22. The highest BCUT2D eigenvalue weighted by molar-refractivity contribution is 5.85. The summed E-state index contributed by atoms with van der Waals surface area (Å²) in [5.41, 5.74) is 6.96. The molecule has 0 fully saturated rings. The molecule has 0 saturated carbocycles. The first-order valence-electron chi connectivity index (χ1n) is 4.22. The fourth-order valence-corrected chi connectivity index (χ4v) is 1.15. The van der Waals surface area contributed by atoms with Gasteiger partial charge in [-0.1, -0.05) is 18.2 Å². The van der Waals surface area contributed by atoms with Crippen LogP contribution in [0.1, 0.15) is 22.7 Å². The van der Waals surface area contributed by atoms with Crippen LogP contribution >= 0.6 is 12.4 Å². The second-order valence-corrected chi connectivity index (χ2v) is 3.36. The Labute approximate surface area is 92.9 Å². The molecule has 2 N–H and O–H groups in total. The molecular weight excluding hydrogens is 227 g/mol. The van der Waals surface area contributed by atoms with Crippen molar-refractivity contribution in [2.75, 3.05) is 0 Å². The molecule has 0 aliphatic heterocycles. The van der Waals surface area contributed by atoms with Crippen molar-refractivity contribution >= 4 is 12.4 Å². The minimum absolute atomic E-state index is 0. The predicted molar refractivity (Wildman–Crippen MR) is 56.1 cm³/mol. The van der Waals surface area contributed by atoms with E-state index in [1.807, 2.05) is 6.92 Å². The van der Waals surface area contributed by atoms with Crippen LogP contribution in [-0.2, 0) is 0 Å². The Kier molecular flexibility index (Phi) is 4.62. The Bertz CT molecular complexity index is 336. The van der Waals surface area contributed by atoms with E-state index in [2.05, 4.69) is 0 Å². The number of halogens is 4. The summed E-state index contributed by atoms with van der Waals surface area (Å²) in [7, 11) is 0. The summed E-state index contributed by atoms with van der Waals surface area (Å²) < 4.78 is 36.7. The molecule has 1 atom stereocenters. The molecule has 1 nitrogen and oxygen atoms in total. The highest BCUT2D eigenvalue weighted by atomic mass is 35.5. The van der Waals surface area contributed by atoms with Gasteiger partial charge in [0.15, 0.2) is 0 Å². The van der Waals surface area contributed by atoms with Gasteiger partial charge >= 0.3 is 6.18 Å².